The summed E-state index contributed by atoms with van der Waals surface area (Å²) in [7, 11) is 5.94. The van der Waals surface area contributed by atoms with Crippen LogP contribution >= 0.6 is 0 Å². The van der Waals surface area contributed by atoms with Gasteiger partial charge in [0.1, 0.15) is 11.5 Å². The van der Waals surface area contributed by atoms with Crippen molar-refractivity contribution in [2.75, 3.05) is 40.8 Å². The first-order valence-corrected chi connectivity index (χ1v) is 7.60. The molecule has 2 rings (SSSR count). The lowest BCUT2D eigenvalue weighted by molar-refractivity contribution is 0.0348. The lowest BCUT2D eigenvalue weighted by Crippen LogP contribution is -2.45. The zero-order valence-electron chi connectivity index (χ0n) is 14.4. The van der Waals surface area contributed by atoms with Gasteiger partial charge in [-0.1, -0.05) is 25.9 Å². The fraction of sp³-hybridized carbons (Fsp3) is 0.733. The third-order valence-electron chi connectivity index (χ3n) is 3.92. The monoisotopic (exact) mass is 309 g/mol. The molecule has 0 bridgehead atoms. The van der Waals surface area contributed by atoms with Crippen LogP contribution in [0.25, 0.3) is 0 Å². The number of aromatic nitrogens is 1. The molecular weight excluding hydrogens is 282 g/mol. The molecule has 2 amide bonds. The fourth-order valence-corrected chi connectivity index (χ4v) is 2.46. The Kier molecular flexibility index (Phi) is 4.77. The number of nitrogens with zero attached hydrogens (tertiary/aromatic N) is 4. The van der Waals surface area contributed by atoms with Crippen molar-refractivity contribution in [1.82, 2.24) is 25.4 Å². The molecule has 22 heavy (non-hydrogen) atoms. The SMILES string of the molecule is CN(C)C(CN(C)N1CCNC1=O)c1cc(C(C)(C)C)on1. The summed E-state index contributed by atoms with van der Waals surface area (Å²) in [4.78, 5) is 13.9. The van der Waals surface area contributed by atoms with E-state index in [9.17, 15) is 4.79 Å². The number of hydrogen-bond acceptors (Lipinski definition) is 5. The molecule has 2 heterocycles. The molecule has 1 aromatic rings. The van der Waals surface area contributed by atoms with Crippen molar-refractivity contribution in [2.24, 2.45) is 0 Å². The molecule has 0 saturated carbocycles. The number of nitrogens with one attached hydrogen (secondary N) is 1. The summed E-state index contributed by atoms with van der Waals surface area (Å²) >= 11 is 0. The van der Waals surface area contributed by atoms with Gasteiger partial charge in [0.2, 0.25) is 0 Å². The molecule has 0 radical (unpaired) electrons. The van der Waals surface area contributed by atoms with Crippen LogP contribution in [0.4, 0.5) is 4.79 Å². The van der Waals surface area contributed by atoms with Gasteiger partial charge in [-0.3, -0.25) is 9.91 Å². The van der Waals surface area contributed by atoms with Crippen molar-refractivity contribution < 1.29 is 9.32 Å². The second-order valence-electron chi connectivity index (χ2n) is 7.04. The van der Waals surface area contributed by atoms with Gasteiger partial charge in [-0.25, -0.2) is 9.80 Å². The number of amides is 2. The fourth-order valence-electron chi connectivity index (χ4n) is 2.46. The van der Waals surface area contributed by atoms with Crippen molar-refractivity contribution in [3.05, 3.63) is 17.5 Å². The van der Waals surface area contributed by atoms with E-state index < -0.39 is 0 Å². The van der Waals surface area contributed by atoms with Gasteiger partial charge >= 0.3 is 6.03 Å². The summed E-state index contributed by atoms with van der Waals surface area (Å²) in [6.07, 6.45) is 0. The van der Waals surface area contributed by atoms with Crippen LogP contribution in [0.15, 0.2) is 10.6 Å². The van der Waals surface area contributed by atoms with Crippen LogP contribution in [0.3, 0.4) is 0 Å². The van der Waals surface area contributed by atoms with Gasteiger partial charge < -0.3 is 9.84 Å². The Balaban J connectivity index is 2.13. The number of likely N-dealkylation sites (N-methyl/N-ethyl adjacent to an activating group) is 2. The molecule has 0 spiro atoms. The van der Waals surface area contributed by atoms with Gasteiger partial charge in [0.15, 0.2) is 0 Å². The number of urea groups is 1. The van der Waals surface area contributed by atoms with Crippen LogP contribution in [0, 0.1) is 0 Å². The average molecular weight is 309 g/mol. The molecule has 1 fully saturated rings. The number of carbonyl (C=O) groups is 1. The van der Waals surface area contributed by atoms with Crippen LogP contribution < -0.4 is 5.32 Å². The normalized spacial score (nSPS) is 17.5. The maximum atomic E-state index is 11.8. The van der Waals surface area contributed by atoms with Crippen molar-refractivity contribution in [3.8, 4) is 0 Å². The molecule has 1 aliphatic heterocycles. The molecule has 1 N–H and O–H groups in total. The molecule has 7 nitrogen and oxygen atoms in total. The number of hydrogen-bond donors (Lipinski definition) is 1. The van der Waals surface area contributed by atoms with E-state index in [1.165, 1.54) is 0 Å². The lowest BCUT2D eigenvalue weighted by Gasteiger charge is -2.32. The summed E-state index contributed by atoms with van der Waals surface area (Å²) in [6.45, 7) is 8.35. The van der Waals surface area contributed by atoms with Crippen LogP contribution in [0.2, 0.25) is 0 Å². The second-order valence-corrected chi connectivity index (χ2v) is 7.04. The summed E-state index contributed by atoms with van der Waals surface area (Å²) < 4.78 is 5.50. The minimum Gasteiger partial charge on any atom is -0.361 e. The van der Waals surface area contributed by atoms with Gasteiger partial charge in [0.25, 0.3) is 0 Å². The van der Waals surface area contributed by atoms with Crippen LogP contribution in [-0.2, 0) is 5.41 Å². The minimum atomic E-state index is -0.0666. The van der Waals surface area contributed by atoms with Crippen LogP contribution in [0.5, 0.6) is 0 Å². The highest BCUT2D eigenvalue weighted by Gasteiger charge is 2.29. The average Bonchev–Trinajstić information content (AvgIpc) is 3.03. The highest BCUT2D eigenvalue weighted by molar-refractivity contribution is 5.75. The first kappa shape index (κ1) is 16.8. The van der Waals surface area contributed by atoms with E-state index in [4.69, 9.17) is 4.52 Å². The molecule has 1 saturated heterocycles. The van der Waals surface area contributed by atoms with E-state index in [2.05, 4.69) is 36.1 Å². The molecular formula is C15H27N5O2. The maximum absolute atomic E-state index is 11.8. The molecule has 1 aliphatic rings. The van der Waals surface area contributed by atoms with Gasteiger partial charge in [0.05, 0.1) is 12.6 Å². The Morgan fingerprint density at radius 3 is 2.55 bits per heavy atom. The Bertz CT molecular complexity index is 520. The molecule has 124 valence electrons. The van der Waals surface area contributed by atoms with E-state index in [0.29, 0.717) is 19.6 Å². The van der Waals surface area contributed by atoms with Gasteiger partial charge in [-0.05, 0) is 14.1 Å². The highest BCUT2D eigenvalue weighted by atomic mass is 16.5. The predicted octanol–water partition coefficient (Wildman–Crippen LogP) is 1.45. The Morgan fingerprint density at radius 2 is 2.09 bits per heavy atom. The topological polar surface area (TPSA) is 64.8 Å². The number of rotatable bonds is 5. The zero-order chi connectivity index (χ0) is 16.5. The first-order chi connectivity index (χ1) is 10.2. The van der Waals surface area contributed by atoms with E-state index >= 15 is 0 Å². The minimum absolute atomic E-state index is 0.0458. The maximum Gasteiger partial charge on any atom is 0.332 e. The predicted molar refractivity (Wildman–Crippen MR) is 84.4 cm³/mol. The summed E-state index contributed by atoms with van der Waals surface area (Å²) in [6, 6.07) is 2.02. The van der Waals surface area contributed by atoms with Crippen LogP contribution in [-0.4, -0.2) is 66.9 Å². The zero-order valence-corrected chi connectivity index (χ0v) is 14.4. The van der Waals surface area contributed by atoms with Gasteiger partial charge in [-0.2, -0.15) is 0 Å². The third-order valence-corrected chi connectivity index (χ3v) is 3.92. The molecule has 0 aliphatic carbocycles. The quantitative estimate of drug-likeness (QED) is 0.892. The van der Waals surface area contributed by atoms with Crippen molar-refractivity contribution in [2.45, 2.75) is 32.2 Å². The summed E-state index contributed by atoms with van der Waals surface area (Å²) in [5.74, 6) is 0.871. The summed E-state index contributed by atoms with van der Waals surface area (Å²) in [5.41, 5.74) is 0.824. The number of carbonyl (C=O) groups excluding carboxylic acids is 1. The highest BCUT2D eigenvalue weighted by Crippen LogP contribution is 2.27. The first-order valence-electron chi connectivity index (χ1n) is 7.60. The van der Waals surface area contributed by atoms with Crippen molar-refractivity contribution >= 4 is 6.03 Å². The summed E-state index contributed by atoms with van der Waals surface area (Å²) in [5, 5.41) is 10.7. The Hall–Kier alpha value is -1.60. The molecule has 1 atom stereocenters. The number of hydrazine groups is 1. The largest absolute Gasteiger partial charge is 0.361 e. The van der Waals surface area contributed by atoms with Crippen LogP contribution in [0.1, 0.15) is 38.3 Å². The van der Waals surface area contributed by atoms with Crippen molar-refractivity contribution in [1.29, 1.82) is 0 Å². The standard InChI is InChI=1S/C15H27N5O2/c1-15(2,3)13-9-11(17-22-13)12(18(4)5)10-19(6)20-8-7-16-14(20)21/h9,12H,7-8,10H2,1-6H3,(H,16,21). The van der Waals surface area contributed by atoms with E-state index in [1.807, 2.05) is 32.2 Å². The second kappa shape index (κ2) is 6.26. The molecule has 1 aromatic heterocycles. The molecule has 0 aromatic carbocycles. The Labute approximate surface area is 132 Å². The Morgan fingerprint density at radius 1 is 1.41 bits per heavy atom. The lowest BCUT2D eigenvalue weighted by atomic mass is 9.93. The van der Waals surface area contributed by atoms with E-state index in [1.54, 1.807) is 5.01 Å². The van der Waals surface area contributed by atoms with Crippen molar-refractivity contribution in [3.63, 3.8) is 0 Å². The smallest absolute Gasteiger partial charge is 0.332 e. The van der Waals surface area contributed by atoms with E-state index in [-0.39, 0.29) is 17.5 Å². The third kappa shape index (κ3) is 3.59. The van der Waals surface area contributed by atoms with Gasteiger partial charge in [0, 0.05) is 31.6 Å². The molecule has 7 heteroatoms. The molecule has 1 unspecified atom stereocenters. The van der Waals surface area contributed by atoms with E-state index in [0.717, 1.165) is 11.5 Å². The van der Waals surface area contributed by atoms with Gasteiger partial charge in [-0.15, -0.1) is 0 Å².